The summed E-state index contributed by atoms with van der Waals surface area (Å²) < 4.78 is 2.08. The largest absolute Gasteiger partial charge is 0.346 e. The summed E-state index contributed by atoms with van der Waals surface area (Å²) in [7, 11) is 2.03. The second-order valence-electron chi connectivity index (χ2n) is 6.87. The van der Waals surface area contributed by atoms with Gasteiger partial charge in [0.1, 0.15) is 10.8 Å². The van der Waals surface area contributed by atoms with Crippen molar-refractivity contribution in [3.05, 3.63) is 70.2 Å². The highest BCUT2D eigenvalue weighted by Crippen LogP contribution is 2.23. The molecule has 1 amide bonds. The third-order valence-electron chi connectivity index (χ3n) is 4.91. The van der Waals surface area contributed by atoms with E-state index in [1.807, 2.05) is 49.8 Å². The zero-order valence-corrected chi connectivity index (χ0v) is 19.1. The summed E-state index contributed by atoms with van der Waals surface area (Å²) >= 11 is 1.59. The van der Waals surface area contributed by atoms with Gasteiger partial charge in [0, 0.05) is 56.6 Å². The van der Waals surface area contributed by atoms with Gasteiger partial charge in [-0.15, -0.1) is 36.2 Å². The van der Waals surface area contributed by atoms with Gasteiger partial charge in [-0.25, -0.2) is 9.97 Å². The molecule has 1 aromatic carbocycles. The standard InChI is InChI=1S/C20H24N6OS.2ClH/c1-25-9-8-22-19(25)17-11-21-7-10-26(17)13-16-14-28-18(24-16)12-23-20(27)15-5-3-2-4-6-15;;/h2-6,8-9,14,17,21H,7,10-13H2,1H3,(H,23,27);2*1H. The predicted molar refractivity (Wildman–Crippen MR) is 123 cm³/mol. The first-order chi connectivity index (χ1) is 13.7. The van der Waals surface area contributed by atoms with Crippen molar-refractivity contribution in [1.82, 2.24) is 30.1 Å². The van der Waals surface area contributed by atoms with Gasteiger partial charge < -0.3 is 15.2 Å². The van der Waals surface area contributed by atoms with Crippen LogP contribution in [0.4, 0.5) is 0 Å². The highest BCUT2D eigenvalue weighted by atomic mass is 35.5. The third kappa shape index (κ3) is 5.80. The topological polar surface area (TPSA) is 75.1 Å². The summed E-state index contributed by atoms with van der Waals surface area (Å²) in [5.41, 5.74) is 1.70. The van der Waals surface area contributed by atoms with Crippen molar-refractivity contribution in [2.24, 2.45) is 7.05 Å². The Morgan fingerprint density at radius 2 is 2.10 bits per heavy atom. The van der Waals surface area contributed by atoms with Crippen molar-refractivity contribution in [2.75, 3.05) is 19.6 Å². The average molecular weight is 469 g/mol. The molecule has 1 fully saturated rings. The van der Waals surface area contributed by atoms with E-state index in [-0.39, 0.29) is 36.8 Å². The molecule has 1 saturated heterocycles. The number of aromatic nitrogens is 3. The molecule has 1 atom stereocenters. The van der Waals surface area contributed by atoms with E-state index >= 15 is 0 Å². The summed E-state index contributed by atoms with van der Waals surface area (Å²) in [6, 6.07) is 9.48. The number of amides is 1. The Morgan fingerprint density at radius 1 is 1.30 bits per heavy atom. The highest BCUT2D eigenvalue weighted by molar-refractivity contribution is 7.09. The number of thiazole rings is 1. The molecular weight excluding hydrogens is 443 g/mol. The fourth-order valence-corrected chi connectivity index (χ4v) is 4.17. The fourth-order valence-electron chi connectivity index (χ4n) is 3.45. The molecule has 3 aromatic rings. The number of piperazine rings is 1. The highest BCUT2D eigenvalue weighted by Gasteiger charge is 2.27. The molecule has 4 rings (SSSR count). The summed E-state index contributed by atoms with van der Waals surface area (Å²) in [5, 5.41) is 9.41. The van der Waals surface area contributed by atoms with Crippen LogP contribution in [0.15, 0.2) is 48.1 Å². The van der Waals surface area contributed by atoms with Crippen LogP contribution >= 0.6 is 36.2 Å². The van der Waals surface area contributed by atoms with Crippen LogP contribution < -0.4 is 10.6 Å². The number of rotatable bonds is 6. The molecule has 0 radical (unpaired) electrons. The molecule has 2 aromatic heterocycles. The Hall–Kier alpha value is -1.97. The predicted octanol–water partition coefficient (Wildman–Crippen LogP) is 2.80. The number of benzene rings is 1. The van der Waals surface area contributed by atoms with Gasteiger partial charge >= 0.3 is 0 Å². The van der Waals surface area contributed by atoms with Crippen molar-refractivity contribution in [2.45, 2.75) is 19.1 Å². The van der Waals surface area contributed by atoms with E-state index in [0.717, 1.165) is 42.7 Å². The maximum Gasteiger partial charge on any atom is 0.251 e. The lowest BCUT2D eigenvalue weighted by Crippen LogP contribution is -2.46. The van der Waals surface area contributed by atoms with Gasteiger partial charge in [-0.1, -0.05) is 18.2 Å². The number of imidazole rings is 1. The maximum atomic E-state index is 12.2. The molecule has 0 saturated carbocycles. The Balaban J connectivity index is 0.00000160. The lowest BCUT2D eigenvalue weighted by Gasteiger charge is -2.35. The second-order valence-corrected chi connectivity index (χ2v) is 7.81. The minimum atomic E-state index is -0.0747. The van der Waals surface area contributed by atoms with Crippen LogP contribution in [0, 0.1) is 0 Å². The molecule has 0 spiro atoms. The van der Waals surface area contributed by atoms with Gasteiger partial charge in [-0.05, 0) is 12.1 Å². The van der Waals surface area contributed by atoms with E-state index in [2.05, 4.69) is 30.5 Å². The Bertz CT molecular complexity index is 932. The lowest BCUT2D eigenvalue weighted by molar-refractivity contribution is 0.0951. The molecule has 10 heteroatoms. The zero-order chi connectivity index (χ0) is 19.3. The molecule has 7 nitrogen and oxygen atoms in total. The summed E-state index contributed by atoms with van der Waals surface area (Å²) in [6.07, 6.45) is 3.83. The van der Waals surface area contributed by atoms with Crippen molar-refractivity contribution in [3.63, 3.8) is 0 Å². The van der Waals surface area contributed by atoms with E-state index < -0.39 is 0 Å². The second kappa shape index (κ2) is 11.4. The van der Waals surface area contributed by atoms with Gasteiger partial charge in [0.25, 0.3) is 5.91 Å². The molecule has 1 unspecified atom stereocenters. The van der Waals surface area contributed by atoms with Crippen molar-refractivity contribution >= 4 is 42.1 Å². The molecule has 0 bridgehead atoms. The first-order valence-electron chi connectivity index (χ1n) is 9.39. The molecule has 162 valence electrons. The number of nitrogens with zero attached hydrogens (tertiary/aromatic N) is 4. The Labute approximate surface area is 192 Å². The van der Waals surface area contributed by atoms with Gasteiger partial charge in [0.05, 0.1) is 18.3 Å². The number of halogens is 2. The molecule has 1 aliphatic rings. The molecular formula is C20H26Cl2N6OS. The summed E-state index contributed by atoms with van der Waals surface area (Å²) in [5.74, 6) is 0.993. The zero-order valence-electron chi connectivity index (χ0n) is 16.7. The number of aryl methyl sites for hydroxylation is 1. The Morgan fingerprint density at radius 3 is 2.83 bits per heavy atom. The average Bonchev–Trinajstić information content (AvgIpc) is 3.36. The van der Waals surface area contributed by atoms with Crippen LogP contribution in [0.5, 0.6) is 0 Å². The summed E-state index contributed by atoms with van der Waals surface area (Å²) in [4.78, 5) is 23.9. The monoisotopic (exact) mass is 468 g/mol. The van der Waals surface area contributed by atoms with Crippen LogP contribution in [0.25, 0.3) is 0 Å². The normalized spacial score (nSPS) is 16.4. The van der Waals surface area contributed by atoms with Crippen LogP contribution in [-0.2, 0) is 20.1 Å². The van der Waals surface area contributed by atoms with E-state index in [4.69, 9.17) is 4.98 Å². The quantitative estimate of drug-likeness (QED) is 0.581. The lowest BCUT2D eigenvalue weighted by atomic mass is 10.1. The van der Waals surface area contributed by atoms with Crippen molar-refractivity contribution in [3.8, 4) is 0 Å². The minimum absolute atomic E-state index is 0. The van der Waals surface area contributed by atoms with Crippen LogP contribution in [0.3, 0.4) is 0 Å². The number of nitrogens with one attached hydrogen (secondary N) is 2. The van der Waals surface area contributed by atoms with Crippen LogP contribution in [-0.4, -0.2) is 45.0 Å². The van der Waals surface area contributed by atoms with Crippen LogP contribution in [0.2, 0.25) is 0 Å². The van der Waals surface area contributed by atoms with Crippen LogP contribution in [0.1, 0.15) is 32.9 Å². The Kier molecular flexibility index (Phi) is 9.26. The number of hydrogen-bond acceptors (Lipinski definition) is 6. The molecule has 2 N–H and O–H groups in total. The molecule has 1 aliphatic heterocycles. The summed E-state index contributed by atoms with van der Waals surface area (Å²) in [6.45, 7) is 4.03. The van der Waals surface area contributed by atoms with Gasteiger partial charge in [0.2, 0.25) is 0 Å². The first kappa shape index (κ1) is 24.3. The van der Waals surface area contributed by atoms with Crippen molar-refractivity contribution < 1.29 is 4.79 Å². The van der Waals surface area contributed by atoms with E-state index in [0.29, 0.717) is 12.1 Å². The maximum absolute atomic E-state index is 12.2. The van der Waals surface area contributed by atoms with Gasteiger partial charge in [-0.2, -0.15) is 0 Å². The number of carbonyl (C=O) groups is 1. The fraction of sp³-hybridized carbons (Fsp3) is 0.350. The van der Waals surface area contributed by atoms with Crippen molar-refractivity contribution in [1.29, 1.82) is 0 Å². The first-order valence-corrected chi connectivity index (χ1v) is 10.3. The smallest absolute Gasteiger partial charge is 0.251 e. The number of hydrogen-bond donors (Lipinski definition) is 2. The third-order valence-corrected chi connectivity index (χ3v) is 5.81. The number of carbonyl (C=O) groups excluding carboxylic acids is 1. The van der Waals surface area contributed by atoms with E-state index in [1.165, 1.54) is 0 Å². The molecule has 0 aliphatic carbocycles. The SMILES string of the molecule is Cl.Cl.Cn1ccnc1C1CNCCN1Cc1csc(CNC(=O)c2ccccc2)n1. The molecule has 30 heavy (non-hydrogen) atoms. The van der Waals surface area contributed by atoms with Gasteiger partial charge in [-0.3, -0.25) is 9.69 Å². The minimum Gasteiger partial charge on any atom is -0.346 e. The van der Waals surface area contributed by atoms with E-state index in [1.54, 1.807) is 11.3 Å². The van der Waals surface area contributed by atoms with E-state index in [9.17, 15) is 4.79 Å². The molecule has 3 heterocycles. The van der Waals surface area contributed by atoms with Gasteiger partial charge in [0.15, 0.2) is 0 Å².